The van der Waals surface area contributed by atoms with Crippen molar-refractivity contribution in [1.82, 2.24) is 9.47 Å². The van der Waals surface area contributed by atoms with E-state index in [1.807, 2.05) is 23.9 Å². The molecule has 0 unspecified atom stereocenters. The molecule has 1 aromatic rings. The van der Waals surface area contributed by atoms with Crippen molar-refractivity contribution in [2.75, 3.05) is 36.0 Å². The van der Waals surface area contributed by atoms with Crippen LogP contribution >= 0.6 is 35.7 Å². The molecule has 0 atom stereocenters. The second-order valence-electron chi connectivity index (χ2n) is 7.35. The van der Waals surface area contributed by atoms with Gasteiger partial charge < -0.3 is 4.90 Å². The summed E-state index contributed by atoms with van der Waals surface area (Å²) in [7, 11) is 1.70. The highest BCUT2D eigenvalue weighted by molar-refractivity contribution is 8.26. The third-order valence-electron chi connectivity index (χ3n) is 5.41. The number of thioether (sulfide) groups is 2. The molecular formula is C21H26N4O2S3. The molecule has 0 spiro atoms. The molecular weight excluding hydrogens is 436 g/mol. The Morgan fingerprint density at radius 3 is 2.57 bits per heavy atom. The quantitative estimate of drug-likeness (QED) is 0.364. The van der Waals surface area contributed by atoms with E-state index in [1.165, 1.54) is 11.8 Å². The molecule has 3 heterocycles. The van der Waals surface area contributed by atoms with Crippen LogP contribution in [0.1, 0.15) is 42.9 Å². The van der Waals surface area contributed by atoms with Gasteiger partial charge in [0.05, 0.1) is 4.91 Å². The van der Waals surface area contributed by atoms with Crippen molar-refractivity contribution in [3.8, 4) is 6.07 Å². The predicted molar refractivity (Wildman–Crippen MR) is 130 cm³/mol. The Bertz CT molecular complexity index is 987. The van der Waals surface area contributed by atoms with Gasteiger partial charge in [0, 0.05) is 43.8 Å². The van der Waals surface area contributed by atoms with Gasteiger partial charge in [-0.05, 0) is 25.0 Å². The highest BCUT2D eigenvalue weighted by atomic mass is 32.2. The Balaban J connectivity index is 2.07. The summed E-state index contributed by atoms with van der Waals surface area (Å²) in [6.07, 6.45) is 4.88. The molecule has 0 radical (unpaired) electrons. The number of hydrogen-bond acceptors (Lipinski definition) is 7. The molecule has 6 nitrogen and oxygen atoms in total. The number of carbonyl (C=O) groups is 1. The van der Waals surface area contributed by atoms with Crippen molar-refractivity contribution in [2.24, 2.45) is 7.05 Å². The van der Waals surface area contributed by atoms with Gasteiger partial charge in [0.25, 0.3) is 11.5 Å². The number of hydrogen-bond donors (Lipinski definition) is 0. The number of carbonyl (C=O) groups excluding carboxylic acids is 1. The number of aromatic nitrogens is 1. The molecule has 1 amide bonds. The number of anilines is 1. The van der Waals surface area contributed by atoms with Gasteiger partial charge in [-0.3, -0.25) is 19.1 Å². The highest BCUT2D eigenvalue weighted by Gasteiger charge is 2.32. The van der Waals surface area contributed by atoms with Gasteiger partial charge in [-0.15, -0.1) is 0 Å². The standard InChI is InChI=1S/C21H26N4O2S3/c1-4-5-6-7-25-20(27)17(30-21(25)28)12-15-14(2)16(13-22)19(26)23(3)18(15)24-8-10-29-11-9-24/h12H,4-11H2,1-3H3. The first-order valence-corrected chi connectivity index (χ1v) is 12.5. The van der Waals surface area contributed by atoms with E-state index in [-0.39, 0.29) is 17.0 Å². The monoisotopic (exact) mass is 462 g/mol. The van der Waals surface area contributed by atoms with E-state index < -0.39 is 0 Å². The lowest BCUT2D eigenvalue weighted by Gasteiger charge is -2.32. The van der Waals surface area contributed by atoms with E-state index in [0.29, 0.717) is 21.3 Å². The Labute approximate surface area is 191 Å². The summed E-state index contributed by atoms with van der Waals surface area (Å²) in [5.41, 5.74) is 1.20. The first kappa shape index (κ1) is 22.9. The number of unbranched alkanes of at least 4 members (excludes halogenated alkanes) is 2. The third-order valence-corrected chi connectivity index (χ3v) is 7.73. The lowest BCUT2D eigenvalue weighted by molar-refractivity contribution is -0.122. The first-order valence-electron chi connectivity index (χ1n) is 10.1. The zero-order valence-corrected chi connectivity index (χ0v) is 20.0. The molecule has 0 aromatic carbocycles. The van der Waals surface area contributed by atoms with Crippen molar-refractivity contribution >= 4 is 57.9 Å². The lowest BCUT2D eigenvalue weighted by Crippen LogP contribution is -2.38. The van der Waals surface area contributed by atoms with Crippen LogP contribution in [0.15, 0.2) is 9.70 Å². The molecule has 2 aliphatic heterocycles. The average Bonchev–Trinajstić information content (AvgIpc) is 3.01. The summed E-state index contributed by atoms with van der Waals surface area (Å²) in [5, 5.41) is 9.56. The summed E-state index contributed by atoms with van der Waals surface area (Å²) >= 11 is 8.64. The van der Waals surface area contributed by atoms with Crippen LogP contribution < -0.4 is 10.5 Å². The van der Waals surface area contributed by atoms with E-state index in [2.05, 4.69) is 11.8 Å². The number of nitrogens with zero attached hydrogens (tertiary/aromatic N) is 4. The minimum atomic E-state index is -0.299. The van der Waals surface area contributed by atoms with E-state index >= 15 is 0 Å². The fourth-order valence-corrected chi connectivity index (χ4v) is 5.91. The van der Waals surface area contributed by atoms with Crippen LogP contribution in [-0.2, 0) is 11.8 Å². The number of nitriles is 1. The van der Waals surface area contributed by atoms with Crippen LogP contribution in [0.3, 0.4) is 0 Å². The minimum absolute atomic E-state index is 0.0898. The highest BCUT2D eigenvalue weighted by Crippen LogP contribution is 2.36. The van der Waals surface area contributed by atoms with Crippen LogP contribution in [0.4, 0.5) is 5.82 Å². The van der Waals surface area contributed by atoms with Crippen molar-refractivity contribution in [1.29, 1.82) is 5.26 Å². The Kier molecular flexibility index (Phi) is 7.66. The van der Waals surface area contributed by atoms with Crippen molar-refractivity contribution in [3.05, 3.63) is 31.9 Å². The fourth-order valence-electron chi connectivity index (χ4n) is 3.71. The van der Waals surface area contributed by atoms with E-state index in [9.17, 15) is 14.9 Å². The second-order valence-corrected chi connectivity index (χ2v) is 10.3. The number of rotatable bonds is 6. The molecule has 0 aliphatic carbocycles. The summed E-state index contributed by atoms with van der Waals surface area (Å²) in [6.45, 7) is 6.18. The zero-order chi connectivity index (χ0) is 21.8. The maximum Gasteiger partial charge on any atom is 0.270 e. The van der Waals surface area contributed by atoms with Gasteiger partial charge in [-0.25, -0.2) is 0 Å². The molecule has 9 heteroatoms. The molecule has 3 rings (SSSR count). The number of pyridine rings is 1. The Morgan fingerprint density at radius 2 is 1.93 bits per heavy atom. The van der Waals surface area contributed by atoms with E-state index in [4.69, 9.17) is 12.2 Å². The van der Waals surface area contributed by atoms with Gasteiger partial charge >= 0.3 is 0 Å². The van der Waals surface area contributed by atoms with E-state index in [1.54, 1.807) is 23.4 Å². The van der Waals surface area contributed by atoms with Crippen LogP contribution in [0, 0.1) is 18.3 Å². The first-order chi connectivity index (χ1) is 14.4. The van der Waals surface area contributed by atoms with Gasteiger partial charge in [-0.1, -0.05) is 43.7 Å². The van der Waals surface area contributed by atoms with Gasteiger partial charge in [-0.2, -0.15) is 17.0 Å². The van der Waals surface area contributed by atoms with Crippen molar-refractivity contribution in [3.63, 3.8) is 0 Å². The second kappa shape index (κ2) is 10.0. The maximum absolute atomic E-state index is 13.0. The van der Waals surface area contributed by atoms with Gasteiger partial charge in [0.2, 0.25) is 0 Å². The molecule has 0 bridgehead atoms. The summed E-state index contributed by atoms with van der Waals surface area (Å²) < 4.78 is 2.12. The molecule has 0 saturated carbocycles. The molecule has 2 aliphatic rings. The third kappa shape index (κ3) is 4.46. The van der Waals surface area contributed by atoms with Crippen LogP contribution in [-0.4, -0.2) is 50.8 Å². The van der Waals surface area contributed by atoms with Crippen molar-refractivity contribution in [2.45, 2.75) is 33.1 Å². The van der Waals surface area contributed by atoms with Crippen LogP contribution in [0.25, 0.3) is 6.08 Å². The normalized spacial score (nSPS) is 18.4. The SMILES string of the molecule is CCCCCN1C(=O)C(=Cc2c(C)c(C#N)c(=O)n(C)c2N2CCSCC2)SC1=S. The summed E-state index contributed by atoms with van der Waals surface area (Å²) in [4.78, 5) is 30.2. The van der Waals surface area contributed by atoms with Crippen LogP contribution in [0.2, 0.25) is 0 Å². The summed E-state index contributed by atoms with van der Waals surface area (Å²) in [5.74, 6) is 2.64. The minimum Gasteiger partial charge on any atom is -0.356 e. The zero-order valence-electron chi connectivity index (χ0n) is 17.6. The van der Waals surface area contributed by atoms with Gasteiger partial charge in [0.15, 0.2) is 0 Å². The molecule has 2 saturated heterocycles. The smallest absolute Gasteiger partial charge is 0.270 e. The fraction of sp³-hybridized carbons (Fsp3) is 0.524. The topological polar surface area (TPSA) is 69.3 Å². The number of thiocarbonyl (C=S) groups is 1. The van der Waals surface area contributed by atoms with Gasteiger partial charge in [0.1, 0.15) is 21.8 Å². The Morgan fingerprint density at radius 1 is 1.23 bits per heavy atom. The predicted octanol–water partition coefficient (Wildman–Crippen LogP) is 3.51. The van der Waals surface area contributed by atoms with Crippen molar-refractivity contribution < 1.29 is 4.79 Å². The molecule has 1 aromatic heterocycles. The Hall–Kier alpha value is -1.76. The molecule has 160 valence electrons. The average molecular weight is 463 g/mol. The summed E-state index contributed by atoms with van der Waals surface area (Å²) in [6, 6.07) is 2.05. The maximum atomic E-state index is 13.0. The number of amides is 1. The van der Waals surface area contributed by atoms with E-state index in [0.717, 1.165) is 55.2 Å². The molecule has 30 heavy (non-hydrogen) atoms. The largest absolute Gasteiger partial charge is 0.356 e. The molecule has 0 N–H and O–H groups in total. The van der Waals surface area contributed by atoms with Crippen LogP contribution in [0.5, 0.6) is 0 Å². The lowest BCUT2D eigenvalue weighted by atomic mass is 10.0. The molecule has 2 fully saturated rings.